The van der Waals surface area contributed by atoms with Gasteiger partial charge in [0.25, 0.3) is 0 Å². The highest BCUT2D eigenvalue weighted by molar-refractivity contribution is 7.80. The maximum Gasteiger partial charge on any atom is 0.416 e. The van der Waals surface area contributed by atoms with Crippen molar-refractivity contribution < 1.29 is 13.2 Å². The minimum absolute atomic E-state index is 0.276. The van der Waals surface area contributed by atoms with Gasteiger partial charge < -0.3 is 15.5 Å². The topological polar surface area (TPSA) is 27.3 Å². The van der Waals surface area contributed by atoms with Crippen molar-refractivity contribution in [2.45, 2.75) is 25.1 Å². The molecule has 1 aromatic rings. The molecule has 1 aromatic carbocycles. The highest BCUT2D eigenvalue weighted by Crippen LogP contribution is 2.29. The Morgan fingerprint density at radius 1 is 1.29 bits per heavy atom. The normalized spacial score (nSPS) is 20.1. The lowest BCUT2D eigenvalue weighted by Crippen LogP contribution is -2.47. The van der Waals surface area contributed by atoms with Crippen LogP contribution in [0.2, 0.25) is 0 Å². The van der Waals surface area contributed by atoms with Crippen LogP contribution >= 0.6 is 12.2 Å². The summed E-state index contributed by atoms with van der Waals surface area (Å²) in [5.41, 5.74) is -0.120. The summed E-state index contributed by atoms with van der Waals surface area (Å²) in [6.45, 7) is 1.99. The Kier molecular flexibility index (Phi) is 5.05. The van der Waals surface area contributed by atoms with Crippen molar-refractivity contribution in [1.29, 1.82) is 0 Å². The molecule has 116 valence electrons. The maximum atomic E-state index is 12.5. The molecule has 0 unspecified atom stereocenters. The van der Waals surface area contributed by atoms with E-state index in [4.69, 9.17) is 12.2 Å². The van der Waals surface area contributed by atoms with Crippen LogP contribution < -0.4 is 10.6 Å². The number of rotatable bonds is 2. The third-order valence-corrected chi connectivity index (χ3v) is 3.65. The van der Waals surface area contributed by atoms with Gasteiger partial charge in [-0.25, -0.2) is 0 Å². The van der Waals surface area contributed by atoms with Crippen LogP contribution in [-0.2, 0) is 6.18 Å². The lowest BCUT2D eigenvalue weighted by molar-refractivity contribution is -0.137. The first-order valence-electron chi connectivity index (χ1n) is 6.78. The number of hydrogen-bond donors (Lipinski definition) is 2. The number of likely N-dealkylation sites (N-methyl/N-ethyl adjacent to an activating group) is 1. The number of nitrogens with zero attached hydrogens (tertiary/aromatic N) is 1. The lowest BCUT2D eigenvalue weighted by Gasteiger charge is -2.31. The van der Waals surface area contributed by atoms with Crippen molar-refractivity contribution in [3.8, 4) is 0 Å². The zero-order valence-corrected chi connectivity index (χ0v) is 12.5. The second-order valence-electron chi connectivity index (χ2n) is 5.27. The van der Waals surface area contributed by atoms with Gasteiger partial charge in [0.1, 0.15) is 0 Å². The Hall–Kier alpha value is -1.34. The average Bonchev–Trinajstić information content (AvgIpc) is 2.38. The fourth-order valence-corrected chi connectivity index (χ4v) is 2.66. The van der Waals surface area contributed by atoms with Gasteiger partial charge in [0, 0.05) is 18.3 Å². The number of alkyl halides is 3. The van der Waals surface area contributed by atoms with Crippen LogP contribution in [0.5, 0.6) is 0 Å². The number of benzene rings is 1. The van der Waals surface area contributed by atoms with Gasteiger partial charge in [-0.2, -0.15) is 13.2 Å². The molecule has 0 saturated carbocycles. The van der Waals surface area contributed by atoms with E-state index in [0.29, 0.717) is 10.8 Å². The van der Waals surface area contributed by atoms with Crippen molar-refractivity contribution >= 4 is 23.0 Å². The molecule has 0 spiro atoms. The van der Waals surface area contributed by atoms with Crippen molar-refractivity contribution in [2.24, 2.45) is 0 Å². The van der Waals surface area contributed by atoms with E-state index in [2.05, 4.69) is 22.6 Å². The van der Waals surface area contributed by atoms with E-state index >= 15 is 0 Å². The van der Waals surface area contributed by atoms with Gasteiger partial charge in [-0.15, -0.1) is 0 Å². The highest BCUT2D eigenvalue weighted by Gasteiger charge is 2.29. The zero-order chi connectivity index (χ0) is 15.5. The van der Waals surface area contributed by atoms with Crippen LogP contribution in [0.25, 0.3) is 0 Å². The van der Waals surface area contributed by atoms with E-state index in [-0.39, 0.29) is 6.04 Å². The summed E-state index contributed by atoms with van der Waals surface area (Å²) in [4.78, 5) is 2.22. The van der Waals surface area contributed by atoms with Gasteiger partial charge in [0.15, 0.2) is 5.11 Å². The molecule has 0 bridgehead atoms. The Morgan fingerprint density at radius 2 is 1.95 bits per heavy atom. The number of hydrogen-bond acceptors (Lipinski definition) is 2. The lowest BCUT2D eigenvalue weighted by atomic mass is 10.1. The van der Waals surface area contributed by atoms with Gasteiger partial charge in [0.05, 0.1) is 5.56 Å². The average molecular weight is 317 g/mol. The molecule has 1 saturated heterocycles. The molecule has 1 aliphatic rings. The van der Waals surface area contributed by atoms with Crippen molar-refractivity contribution in [2.75, 3.05) is 25.5 Å². The Morgan fingerprint density at radius 3 is 2.52 bits per heavy atom. The van der Waals surface area contributed by atoms with Crippen LogP contribution in [0, 0.1) is 0 Å². The molecule has 2 rings (SSSR count). The molecule has 3 nitrogen and oxygen atoms in total. The fourth-order valence-electron chi connectivity index (χ4n) is 2.38. The minimum Gasteiger partial charge on any atom is -0.358 e. The van der Waals surface area contributed by atoms with E-state index in [9.17, 15) is 13.2 Å². The predicted molar refractivity (Wildman–Crippen MR) is 81.3 cm³/mol. The van der Waals surface area contributed by atoms with Crippen molar-refractivity contribution in [3.05, 3.63) is 29.8 Å². The van der Waals surface area contributed by atoms with Gasteiger partial charge >= 0.3 is 6.18 Å². The van der Waals surface area contributed by atoms with Crippen LogP contribution in [0.4, 0.5) is 18.9 Å². The Bertz CT molecular complexity index is 487. The molecule has 0 amide bonds. The largest absolute Gasteiger partial charge is 0.416 e. The molecule has 1 aliphatic heterocycles. The van der Waals surface area contributed by atoms with Gasteiger partial charge in [-0.1, -0.05) is 0 Å². The van der Waals surface area contributed by atoms with E-state index in [1.807, 2.05) is 0 Å². The van der Waals surface area contributed by atoms with Crippen LogP contribution in [0.3, 0.4) is 0 Å². The summed E-state index contributed by atoms with van der Waals surface area (Å²) in [5.74, 6) is 0. The van der Waals surface area contributed by atoms with Crippen molar-refractivity contribution in [3.63, 3.8) is 0 Å². The second-order valence-corrected chi connectivity index (χ2v) is 5.68. The first kappa shape index (κ1) is 16.0. The summed E-state index contributed by atoms with van der Waals surface area (Å²) < 4.78 is 37.4. The fraction of sp³-hybridized carbons (Fsp3) is 0.500. The van der Waals surface area contributed by atoms with E-state index in [1.54, 1.807) is 0 Å². The number of piperidine rings is 1. The molecular formula is C14H18F3N3S. The van der Waals surface area contributed by atoms with Gasteiger partial charge in [-0.05, 0) is 62.9 Å². The van der Waals surface area contributed by atoms with Gasteiger partial charge in [0.2, 0.25) is 0 Å². The number of thiocarbonyl (C=S) groups is 1. The molecule has 0 aliphatic carbocycles. The molecule has 1 heterocycles. The Balaban J connectivity index is 1.87. The SMILES string of the molecule is CN1CCC[C@H](NC(=S)Nc2ccc(C(F)(F)F)cc2)C1. The maximum absolute atomic E-state index is 12.5. The summed E-state index contributed by atoms with van der Waals surface area (Å²) in [6.07, 6.45) is -2.17. The van der Waals surface area contributed by atoms with Crippen LogP contribution in [-0.4, -0.2) is 36.2 Å². The number of likely N-dealkylation sites (tertiary alicyclic amines) is 1. The minimum atomic E-state index is -4.32. The van der Waals surface area contributed by atoms with E-state index in [1.165, 1.54) is 12.1 Å². The first-order valence-corrected chi connectivity index (χ1v) is 7.19. The zero-order valence-electron chi connectivity index (χ0n) is 11.7. The Labute approximate surface area is 127 Å². The molecule has 1 fully saturated rings. The molecule has 0 radical (unpaired) electrons. The summed E-state index contributed by atoms with van der Waals surface area (Å²) in [6, 6.07) is 5.12. The van der Waals surface area contributed by atoms with Crippen LogP contribution in [0.1, 0.15) is 18.4 Å². The standard InChI is InChI=1S/C14H18F3N3S/c1-20-8-2-3-12(9-20)19-13(21)18-11-6-4-10(5-7-11)14(15,16)17/h4-7,12H,2-3,8-9H2,1H3,(H2,18,19,21)/t12-/m0/s1. The molecule has 21 heavy (non-hydrogen) atoms. The molecule has 0 aromatic heterocycles. The molecule has 1 atom stereocenters. The summed E-state index contributed by atoms with van der Waals surface area (Å²) >= 11 is 5.20. The van der Waals surface area contributed by atoms with Crippen LogP contribution in [0.15, 0.2) is 24.3 Å². The number of nitrogens with one attached hydrogen (secondary N) is 2. The molecule has 7 heteroatoms. The number of anilines is 1. The highest BCUT2D eigenvalue weighted by atomic mass is 32.1. The molecule has 2 N–H and O–H groups in total. The van der Waals surface area contributed by atoms with E-state index in [0.717, 1.165) is 38.1 Å². The third-order valence-electron chi connectivity index (χ3n) is 3.43. The second kappa shape index (κ2) is 6.62. The quantitative estimate of drug-likeness (QED) is 0.820. The van der Waals surface area contributed by atoms with E-state index < -0.39 is 11.7 Å². The monoisotopic (exact) mass is 317 g/mol. The third kappa shape index (κ3) is 4.86. The first-order chi connectivity index (χ1) is 9.84. The smallest absolute Gasteiger partial charge is 0.358 e. The summed E-state index contributed by atoms with van der Waals surface area (Å²) in [5, 5.41) is 6.56. The predicted octanol–water partition coefficient (Wildman–Crippen LogP) is 3.09. The van der Waals surface area contributed by atoms with Crippen molar-refractivity contribution in [1.82, 2.24) is 10.2 Å². The molecular weight excluding hydrogens is 299 g/mol. The van der Waals surface area contributed by atoms with Gasteiger partial charge in [-0.3, -0.25) is 0 Å². The summed E-state index contributed by atoms with van der Waals surface area (Å²) in [7, 11) is 2.06. The number of halogens is 3.